The van der Waals surface area contributed by atoms with E-state index in [2.05, 4.69) is 4.74 Å². The second-order valence-electron chi connectivity index (χ2n) is 1.84. The molecule has 0 aliphatic rings. The van der Waals surface area contributed by atoms with Crippen LogP contribution in [0.5, 0.6) is 0 Å². The van der Waals surface area contributed by atoms with Crippen LogP contribution in [0.15, 0.2) is 0 Å². The third-order valence-corrected chi connectivity index (χ3v) is 1.01. The van der Waals surface area contributed by atoms with Crippen molar-refractivity contribution in [2.24, 2.45) is 5.73 Å². The number of nitrogens with two attached hydrogens (primary N) is 1. The zero-order valence-electron chi connectivity index (χ0n) is 6.38. The highest BCUT2D eigenvalue weighted by Gasteiger charge is 2.12. The highest BCUT2D eigenvalue weighted by Crippen LogP contribution is 1.91. The third kappa shape index (κ3) is 6.06. The van der Waals surface area contributed by atoms with Gasteiger partial charge in [-0.3, -0.25) is 9.18 Å². The first kappa shape index (κ1) is 13.3. The Morgan fingerprint density at radius 2 is 2.27 bits per heavy atom. The second kappa shape index (κ2) is 7.75. The number of hydrogen-bond donors (Lipinski definition) is 1. The molecule has 0 rings (SSSR count). The Hall–Kier alpha value is -0.350. The van der Waals surface area contributed by atoms with Crippen molar-refractivity contribution in [1.82, 2.24) is 0 Å². The lowest BCUT2D eigenvalue weighted by atomic mass is 10.2. The minimum atomic E-state index is -0.801. The summed E-state index contributed by atoms with van der Waals surface area (Å²) in [6.45, 7) is 1.39. The quantitative estimate of drug-likeness (QED) is 0.655. The number of hydrogen-bond acceptors (Lipinski definition) is 3. The van der Waals surface area contributed by atoms with Gasteiger partial charge in [0.25, 0.3) is 0 Å². The van der Waals surface area contributed by atoms with Crippen LogP contribution in [0.3, 0.4) is 0 Å². The number of alkyl halides is 1. The molecule has 0 amide bonds. The number of esters is 1. The van der Waals surface area contributed by atoms with Crippen molar-refractivity contribution < 1.29 is 13.9 Å². The van der Waals surface area contributed by atoms with Crippen LogP contribution in [-0.4, -0.2) is 25.3 Å². The number of halogens is 2. The average Bonchev–Trinajstić information content (AvgIpc) is 1.89. The molecule has 0 spiro atoms. The van der Waals surface area contributed by atoms with Crippen LogP contribution < -0.4 is 5.73 Å². The van der Waals surface area contributed by atoms with E-state index in [1.54, 1.807) is 6.92 Å². The maximum Gasteiger partial charge on any atom is 0.322 e. The van der Waals surface area contributed by atoms with Crippen molar-refractivity contribution in [3.05, 3.63) is 0 Å². The first-order valence-electron chi connectivity index (χ1n) is 3.20. The van der Waals surface area contributed by atoms with Gasteiger partial charge in [-0.2, -0.15) is 0 Å². The maximum absolute atomic E-state index is 11.6. The molecule has 11 heavy (non-hydrogen) atoms. The minimum Gasteiger partial charge on any atom is -0.465 e. The van der Waals surface area contributed by atoms with Crippen LogP contribution in [0.25, 0.3) is 0 Å². The Labute approximate surface area is 71.5 Å². The molecule has 68 valence electrons. The van der Waals surface area contributed by atoms with Gasteiger partial charge < -0.3 is 10.5 Å². The van der Waals surface area contributed by atoms with Gasteiger partial charge in [-0.15, -0.1) is 12.4 Å². The topological polar surface area (TPSA) is 52.3 Å². The van der Waals surface area contributed by atoms with Crippen molar-refractivity contribution in [3.63, 3.8) is 0 Å². The molecule has 0 aromatic carbocycles. The molecule has 0 radical (unpaired) electrons. The number of ether oxygens (including phenoxy) is 1. The van der Waals surface area contributed by atoms with Gasteiger partial charge in [-0.1, -0.05) is 0 Å². The van der Waals surface area contributed by atoms with Crippen LogP contribution in [0.4, 0.5) is 4.39 Å². The van der Waals surface area contributed by atoms with E-state index in [9.17, 15) is 9.18 Å². The first-order chi connectivity index (χ1) is 4.72. The van der Waals surface area contributed by atoms with Crippen LogP contribution in [0.1, 0.15) is 13.3 Å². The molecule has 0 aromatic heterocycles. The molecule has 5 heteroatoms. The predicted molar refractivity (Wildman–Crippen MR) is 42.4 cm³/mol. The maximum atomic E-state index is 11.6. The summed E-state index contributed by atoms with van der Waals surface area (Å²) in [5, 5.41) is 0. The average molecular weight is 186 g/mol. The van der Waals surface area contributed by atoms with Gasteiger partial charge in [0.2, 0.25) is 0 Å². The van der Waals surface area contributed by atoms with Gasteiger partial charge in [-0.25, -0.2) is 0 Å². The molecule has 0 aromatic rings. The van der Waals surface area contributed by atoms with E-state index in [1.807, 2.05) is 0 Å². The Morgan fingerprint density at radius 3 is 2.64 bits per heavy atom. The molecule has 1 unspecified atom stereocenters. The van der Waals surface area contributed by atoms with Gasteiger partial charge in [0.05, 0.1) is 13.3 Å². The summed E-state index contributed by atoms with van der Waals surface area (Å²) in [5.74, 6) is -0.528. The Kier molecular flexibility index (Phi) is 9.34. The Morgan fingerprint density at radius 1 is 1.73 bits per heavy atom. The fraction of sp³-hybridized carbons (Fsp3) is 0.833. The third-order valence-electron chi connectivity index (χ3n) is 1.01. The van der Waals surface area contributed by atoms with Crippen molar-refractivity contribution in [2.75, 3.05) is 13.3 Å². The standard InChI is InChI=1S/C6H12FNO2.ClH/c1-2-10-6(9)5(8)3-4-7;/h5H,2-4,8H2,1H3;1H. The minimum absolute atomic E-state index is 0. The monoisotopic (exact) mass is 185 g/mol. The first-order valence-corrected chi connectivity index (χ1v) is 3.20. The Bertz CT molecular complexity index is 113. The van der Waals surface area contributed by atoms with E-state index >= 15 is 0 Å². The van der Waals surface area contributed by atoms with Crippen molar-refractivity contribution in [1.29, 1.82) is 0 Å². The summed E-state index contributed by atoms with van der Waals surface area (Å²) >= 11 is 0. The fourth-order valence-electron chi connectivity index (χ4n) is 0.485. The largest absolute Gasteiger partial charge is 0.465 e. The summed E-state index contributed by atoms with van der Waals surface area (Å²) in [7, 11) is 0. The van der Waals surface area contributed by atoms with Crippen molar-refractivity contribution >= 4 is 18.4 Å². The molecule has 0 aliphatic carbocycles. The van der Waals surface area contributed by atoms with Crippen LogP contribution >= 0.6 is 12.4 Å². The van der Waals surface area contributed by atoms with Gasteiger partial charge >= 0.3 is 5.97 Å². The van der Waals surface area contributed by atoms with E-state index < -0.39 is 18.7 Å². The van der Waals surface area contributed by atoms with Crippen LogP contribution in [-0.2, 0) is 9.53 Å². The van der Waals surface area contributed by atoms with Gasteiger partial charge in [0.15, 0.2) is 0 Å². The van der Waals surface area contributed by atoms with Crippen LogP contribution in [0, 0.1) is 0 Å². The lowest BCUT2D eigenvalue weighted by molar-refractivity contribution is -0.144. The summed E-state index contributed by atoms with van der Waals surface area (Å²) in [6, 6.07) is -0.801. The Balaban J connectivity index is 0. The SMILES string of the molecule is CCOC(=O)C(N)CCF.Cl. The van der Waals surface area contributed by atoms with E-state index in [0.717, 1.165) is 0 Å². The van der Waals surface area contributed by atoms with E-state index in [1.165, 1.54) is 0 Å². The molecule has 0 aliphatic heterocycles. The van der Waals surface area contributed by atoms with Crippen LogP contribution in [0.2, 0.25) is 0 Å². The summed E-state index contributed by atoms with van der Waals surface area (Å²) in [5.41, 5.74) is 5.20. The molecule has 2 N–H and O–H groups in total. The van der Waals surface area contributed by atoms with Gasteiger partial charge in [0.1, 0.15) is 6.04 Å². The van der Waals surface area contributed by atoms with E-state index in [0.29, 0.717) is 6.61 Å². The lowest BCUT2D eigenvalue weighted by Gasteiger charge is -2.06. The normalized spacial score (nSPS) is 11.5. The fourth-order valence-corrected chi connectivity index (χ4v) is 0.485. The van der Waals surface area contributed by atoms with Crippen molar-refractivity contribution in [2.45, 2.75) is 19.4 Å². The predicted octanol–water partition coefficient (Wildman–Crippen LogP) is 0.658. The summed E-state index contributed by atoms with van der Waals surface area (Å²) < 4.78 is 16.1. The molecule has 0 saturated heterocycles. The number of carbonyl (C=O) groups is 1. The molecular formula is C6H13ClFNO2. The van der Waals surface area contributed by atoms with E-state index in [-0.39, 0.29) is 18.8 Å². The zero-order valence-corrected chi connectivity index (χ0v) is 7.20. The molecule has 0 bridgehead atoms. The highest BCUT2D eigenvalue weighted by molar-refractivity contribution is 5.85. The molecule has 0 heterocycles. The smallest absolute Gasteiger partial charge is 0.322 e. The number of rotatable bonds is 4. The van der Waals surface area contributed by atoms with Gasteiger partial charge in [0, 0.05) is 6.42 Å². The molecule has 0 saturated carbocycles. The molecule has 0 fully saturated rings. The summed E-state index contributed by atoms with van der Waals surface area (Å²) in [6.07, 6.45) is 0.0405. The molecule has 1 atom stereocenters. The molecule has 3 nitrogen and oxygen atoms in total. The highest BCUT2D eigenvalue weighted by atomic mass is 35.5. The van der Waals surface area contributed by atoms with E-state index in [4.69, 9.17) is 5.73 Å². The van der Waals surface area contributed by atoms with Gasteiger partial charge in [-0.05, 0) is 6.92 Å². The zero-order chi connectivity index (χ0) is 7.98. The number of carbonyl (C=O) groups excluding carboxylic acids is 1. The second-order valence-corrected chi connectivity index (χ2v) is 1.84. The lowest BCUT2D eigenvalue weighted by Crippen LogP contribution is -2.32. The molecular weight excluding hydrogens is 173 g/mol. The summed E-state index contributed by atoms with van der Waals surface area (Å²) in [4.78, 5) is 10.6. The van der Waals surface area contributed by atoms with Crippen molar-refractivity contribution in [3.8, 4) is 0 Å².